The van der Waals surface area contributed by atoms with Crippen LogP contribution in [0.15, 0.2) is 36.4 Å². The third kappa shape index (κ3) is 2.79. The molecule has 0 radical (unpaired) electrons. The van der Waals surface area contributed by atoms with Crippen LogP contribution in [-0.4, -0.2) is 37.5 Å². The smallest absolute Gasteiger partial charge is 0.249 e. The van der Waals surface area contributed by atoms with Gasteiger partial charge >= 0.3 is 0 Å². The molecule has 4 aromatic heterocycles. The number of hydrogen-bond acceptors (Lipinski definition) is 4. The van der Waals surface area contributed by atoms with Crippen molar-refractivity contribution in [2.75, 3.05) is 7.05 Å². The van der Waals surface area contributed by atoms with Gasteiger partial charge in [-0.2, -0.15) is 0 Å². The van der Waals surface area contributed by atoms with Gasteiger partial charge in [0.25, 0.3) is 0 Å². The average molecular weight is 451 g/mol. The molecule has 1 amide bonds. The number of nitrogens with zero attached hydrogens (tertiary/aromatic N) is 4. The number of rotatable bonds is 3. The highest BCUT2D eigenvalue weighted by molar-refractivity contribution is 6.31. The Hall–Kier alpha value is -3.26. The first kappa shape index (κ1) is 19.4. The molecule has 2 bridgehead atoms. The summed E-state index contributed by atoms with van der Waals surface area (Å²) in [7, 11) is 1.64. The molecule has 0 aromatic carbocycles. The Bertz CT molecular complexity index is 1430. The van der Waals surface area contributed by atoms with Gasteiger partial charge in [0, 0.05) is 60.0 Å². The highest BCUT2D eigenvalue weighted by Crippen LogP contribution is 2.48. The summed E-state index contributed by atoms with van der Waals surface area (Å²) in [4.78, 5) is 29.3. The van der Waals surface area contributed by atoms with Gasteiger partial charge in [0.2, 0.25) is 5.91 Å². The van der Waals surface area contributed by atoms with Gasteiger partial charge in [0.05, 0.1) is 10.4 Å². The van der Waals surface area contributed by atoms with Crippen LogP contribution >= 0.6 is 11.6 Å². The largest absolute Gasteiger partial charge is 0.355 e. The van der Waals surface area contributed by atoms with Crippen molar-refractivity contribution in [3.8, 4) is 11.4 Å². The number of H-pyrrole nitrogens is 1. The van der Waals surface area contributed by atoms with E-state index >= 15 is 0 Å². The second-order valence-corrected chi connectivity index (χ2v) is 8.89. The fourth-order valence-electron chi connectivity index (χ4n) is 5.29. The van der Waals surface area contributed by atoms with Crippen LogP contribution in [0.4, 0.5) is 4.39 Å². The summed E-state index contributed by atoms with van der Waals surface area (Å²) in [6.45, 7) is 0. The second-order valence-electron chi connectivity index (χ2n) is 8.46. The number of amides is 1. The SMILES string of the molecule is CNC(=O)C1=C(n2cc(F)c3cnc(-c4c[nH]c5ncc(Cl)cc45)nc32)C2CCC1CC2. The standard InChI is InChI=1S/C23H20ClFN6O/c1-26-23(32)18-11-2-4-12(5-3-11)19(18)31-10-17(25)16-9-29-21(30-22(16)31)15-8-28-20-14(15)6-13(24)7-27-20/h6-12H,2-5H2,1H3,(H,26,32)(H,27,28). The lowest BCUT2D eigenvalue weighted by atomic mass is 9.69. The van der Waals surface area contributed by atoms with Gasteiger partial charge in [-0.25, -0.2) is 19.3 Å². The predicted molar refractivity (Wildman–Crippen MR) is 120 cm³/mol. The fourth-order valence-corrected chi connectivity index (χ4v) is 5.45. The van der Waals surface area contributed by atoms with Crippen LogP contribution in [0.3, 0.4) is 0 Å². The molecule has 0 spiro atoms. The zero-order chi connectivity index (χ0) is 22.0. The Morgan fingerprint density at radius 1 is 1.19 bits per heavy atom. The number of fused-ring (bicyclic) bond motifs is 4. The number of carbonyl (C=O) groups excluding carboxylic acids is 1. The summed E-state index contributed by atoms with van der Waals surface area (Å²) in [5.74, 6) is 0.342. The quantitative estimate of drug-likeness (QED) is 0.479. The molecule has 0 saturated heterocycles. The summed E-state index contributed by atoms with van der Waals surface area (Å²) in [5.41, 5.74) is 3.49. The molecular weight excluding hydrogens is 431 g/mol. The number of aromatic nitrogens is 5. The monoisotopic (exact) mass is 450 g/mol. The number of nitrogens with one attached hydrogen (secondary N) is 2. The van der Waals surface area contributed by atoms with E-state index in [0.29, 0.717) is 27.5 Å². The number of likely N-dealkylation sites (N-methyl/N-ethyl adjacent to an activating group) is 1. The molecule has 2 N–H and O–H groups in total. The van der Waals surface area contributed by atoms with Gasteiger partial charge in [-0.15, -0.1) is 0 Å². The van der Waals surface area contributed by atoms with E-state index < -0.39 is 5.82 Å². The molecule has 7 rings (SSSR count). The first-order chi connectivity index (χ1) is 15.5. The molecule has 9 heteroatoms. The van der Waals surface area contributed by atoms with Crippen LogP contribution in [-0.2, 0) is 4.79 Å². The van der Waals surface area contributed by atoms with E-state index in [4.69, 9.17) is 16.6 Å². The van der Waals surface area contributed by atoms with Crippen molar-refractivity contribution < 1.29 is 9.18 Å². The van der Waals surface area contributed by atoms with E-state index in [1.54, 1.807) is 30.1 Å². The van der Waals surface area contributed by atoms with Gasteiger partial charge in [-0.3, -0.25) is 4.79 Å². The zero-order valence-electron chi connectivity index (χ0n) is 17.3. The Balaban J connectivity index is 1.59. The van der Waals surface area contributed by atoms with Crippen molar-refractivity contribution >= 4 is 45.3 Å². The Labute approximate surface area is 187 Å². The third-order valence-electron chi connectivity index (χ3n) is 6.76. The molecule has 32 heavy (non-hydrogen) atoms. The lowest BCUT2D eigenvalue weighted by molar-refractivity contribution is -0.117. The third-order valence-corrected chi connectivity index (χ3v) is 6.97. The first-order valence-corrected chi connectivity index (χ1v) is 11.1. The number of hydrogen-bond donors (Lipinski definition) is 2. The molecule has 3 aliphatic rings. The Kier molecular flexibility index (Phi) is 4.33. The number of pyridine rings is 1. The van der Waals surface area contributed by atoms with Crippen molar-refractivity contribution in [2.24, 2.45) is 11.8 Å². The molecule has 1 fully saturated rings. The summed E-state index contributed by atoms with van der Waals surface area (Å²) in [5, 5.41) is 4.40. The van der Waals surface area contributed by atoms with Crippen molar-refractivity contribution in [3.63, 3.8) is 0 Å². The van der Waals surface area contributed by atoms with Crippen LogP contribution in [0.1, 0.15) is 25.7 Å². The van der Waals surface area contributed by atoms with Crippen molar-refractivity contribution in [1.82, 2.24) is 29.8 Å². The van der Waals surface area contributed by atoms with Crippen LogP contribution in [0.25, 0.3) is 39.2 Å². The molecule has 1 saturated carbocycles. The predicted octanol–water partition coefficient (Wildman–Crippen LogP) is 4.54. The highest BCUT2D eigenvalue weighted by atomic mass is 35.5. The zero-order valence-corrected chi connectivity index (χ0v) is 18.1. The number of aromatic amines is 1. The molecule has 4 aromatic rings. The van der Waals surface area contributed by atoms with Gasteiger partial charge in [0.15, 0.2) is 17.3 Å². The van der Waals surface area contributed by atoms with E-state index in [-0.39, 0.29) is 17.7 Å². The second kappa shape index (κ2) is 7.13. The molecule has 0 atom stereocenters. The molecule has 162 valence electrons. The number of halogens is 2. The van der Waals surface area contributed by atoms with Crippen molar-refractivity contribution in [3.05, 3.63) is 47.3 Å². The topological polar surface area (TPSA) is 88.5 Å². The summed E-state index contributed by atoms with van der Waals surface area (Å²) >= 11 is 6.14. The van der Waals surface area contributed by atoms with Crippen LogP contribution in [0.2, 0.25) is 5.02 Å². The molecule has 7 nitrogen and oxygen atoms in total. The van der Waals surface area contributed by atoms with Gasteiger partial charge in [-0.05, 0) is 37.7 Å². The minimum Gasteiger partial charge on any atom is -0.355 e. The van der Waals surface area contributed by atoms with Crippen molar-refractivity contribution in [1.29, 1.82) is 0 Å². The van der Waals surface area contributed by atoms with E-state index in [2.05, 4.69) is 20.3 Å². The minimum absolute atomic E-state index is 0.0942. The van der Waals surface area contributed by atoms with E-state index in [9.17, 15) is 9.18 Å². The number of allylic oxidation sites excluding steroid dienone is 1. The highest BCUT2D eigenvalue weighted by Gasteiger charge is 2.39. The van der Waals surface area contributed by atoms with E-state index in [0.717, 1.165) is 47.9 Å². The van der Waals surface area contributed by atoms with Gasteiger partial charge in [0.1, 0.15) is 5.65 Å². The first-order valence-electron chi connectivity index (χ1n) is 10.7. The molecule has 3 aliphatic carbocycles. The molecular formula is C23H20ClFN6O. The summed E-state index contributed by atoms with van der Waals surface area (Å²) in [6.07, 6.45) is 10.2. The van der Waals surface area contributed by atoms with Crippen LogP contribution in [0, 0.1) is 17.7 Å². The fraction of sp³-hybridized carbons (Fsp3) is 0.304. The van der Waals surface area contributed by atoms with Gasteiger partial charge < -0.3 is 14.9 Å². The van der Waals surface area contributed by atoms with Gasteiger partial charge in [-0.1, -0.05) is 11.6 Å². The van der Waals surface area contributed by atoms with E-state index in [1.807, 2.05) is 0 Å². The van der Waals surface area contributed by atoms with Crippen LogP contribution in [0.5, 0.6) is 0 Å². The lowest BCUT2D eigenvalue weighted by Crippen LogP contribution is -2.35. The maximum absolute atomic E-state index is 14.9. The molecule has 0 unspecified atom stereocenters. The average Bonchev–Trinajstić information content (AvgIpc) is 3.39. The van der Waals surface area contributed by atoms with E-state index in [1.165, 1.54) is 12.4 Å². The Morgan fingerprint density at radius 2 is 1.97 bits per heavy atom. The normalized spacial score (nSPS) is 20.5. The van der Waals surface area contributed by atoms with Crippen LogP contribution < -0.4 is 5.32 Å². The molecule has 4 heterocycles. The summed E-state index contributed by atoms with van der Waals surface area (Å²) < 4.78 is 16.7. The maximum Gasteiger partial charge on any atom is 0.249 e. The minimum atomic E-state index is -0.402. The number of carbonyl (C=O) groups is 1. The summed E-state index contributed by atoms with van der Waals surface area (Å²) in [6, 6.07) is 1.80. The molecule has 0 aliphatic heterocycles. The lowest BCUT2D eigenvalue weighted by Gasteiger charge is -2.39. The Morgan fingerprint density at radius 3 is 2.75 bits per heavy atom. The van der Waals surface area contributed by atoms with Crippen molar-refractivity contribution in [2.45, 2.75) is 25.7 Å². The maximum atomic E-state index is 14.9.